The Morgan fingerprint density at radius 2 is 2.24 bits per heavy atom. The normalized spacial score (nSPS) is 23.5. The van der Waals surface area contributed by atoms with Crippen molar-refractivity contribution in [3.63, 3.8) is 0 Å². The molecule has 0 bridgehead atoms. The molecule has 17 heavy (non-hydrogen) atoms. The van der Waals surface area contributed by atoms with Gasteiger partial charge in [0.15, 0.2) is 11.4 Å². The Bertz CT molecular complexity index is 643. The van der Waals surface area contributed by atoms with E-state index in [-0.39, 0.29) is 11.3 Å². The van der Waals surface area contributed by atoms with Gasteiger partial charge in [-0.2, -0.15) is 14.7 Å². The molecule has 3 nitrogen and oxygen atoms in total. The van der Waals surface area contributed by atoms with Gasteiger partial charge in [0.05, 0.1) is 10.1 Å². The lowest BCUT2D eigenvalue weighted by Gasteiger charge is -2.21. The van der Waals surface area contributed by atoms with Crippen LogP contribution in [0.3, 0.4) is 0 Å². The van der Waals surface area contributed by atoms with E-state index in [4.69, 9.17) is 0 Å². The number of amides is 2. The Morgan fingerprint density at radius 3 is 3.18 bits per heavy atom. The molecular weight excluding hydrogens is 232 g/mol. The Balaban J connectivity index is 2.08. The minimum absolute atomic E-state index is 0.0484. The second-order valence-electron chi connectivity index (χ2n) is 4.13. The first-order valence-electron chi connectivity index (χ1n) is 5.47. The highest BCUT2D eigenvalue weighted by atomic mass is 32.2. The van der Waals surface area contributed by atoms with Crippen molar-refractivity contribution in [3.8, 4) is 0 Å². The minimum atomic E-state index is -0.0484. The summed E-state index contributed by atoms with van der Waals surface area (Å²) in [6, 6.07) is 5.95. The molecule has 1 aliphatic carbocycles. The fourth-order valence-corrected chi connectivity index (χ4v) is 3.64. The second-order valence-corrected chi connectivity index (χ2v) is 5.31. The monoisotopic (exact) mass is 241 g/mol. The maximum absolute atomic E-state index is 12.0. The molecule has 1 N–H and O–H groups in total. The smallest absolute Gasteiger partial charge is 0.200 e. The third-order valence-corrected chi connectivity index (χ3v) is 4.37. The van der Waals surface area contributed by atoms with E-state index in [9.17, 15) is 4.79 Å². The molecule has 0 spiro atoms. The molecule has 82 valence electrons. The van der Waals surface area contributed by atoms with Gasteiger partial charge >= 0.3 is 6.03 Å². The van der Waals surface area contributed by atoms with Crippen molar-refractivity contribution < 1.29 is 9.37 Å². The number of carbonyl (C=O) groups excluding carboxylic acids is 1. The Morgan fingerprint density at radius 1 is 1.29 bits per heavy atom. The third kappa shape index (κ3) is 1.13. The summed E-state index contributed by atoms with van der Waals surface area (Å²) in [4.78, 5) is 13.2. The van der Waals surface area contributed by atoms with Gasteiger partial charge in [-0.15, -0.1) is 11.8 Å². The van der Waals surface area contributed by atoms with Crippen LogP contribution in [0.15, 0.2) is 47.4 Å². The number of nitrogens with zero attached hydrogens (tertiary/aromatic N) is 1. The molecule has 1 unspecified atom stereocenters. The average molecular weight is 241 g/mol. The summed E-state index contributed by atoms with van der Waals surface area (Å²) in [5.41, 5.74) is 2.97. The average Bonchev–Trinajstić information content (AvgIpc) is 2.69. The molecule has 4 rings (SSSR count). The van der Waals surface area contributed by atoms with Crippen LogP contribution >= 0.6 is 11.8 Å². The minimum Gasteiger partial charge on any atom is -0.200 e. The highest BCUT2D eigenvalue weighted by Gasteiger charge is 2.42. The van der Waals surface area contributed by atoms with Crippen LogP contribution in [0.25, 0.3) is 0 Å². The fraction of sp³-hybridized carbons (Fsp3) is 0.0769. The summed E-state index contributed by atoms with van der Waals surface area (Å²) in [6.45, 7) is 0. The van der Waals surface area contributed by atoms with E-state index in [1.165, 1.54) is 0 Å². The summed E-state index contributed by atoms with van der Waals surface area (Å²) >= 11 is 1.79. The molecule has 1 atom stereocenters. The maximum atomic E-state index is 12.0. The quantitative estimate of drug-likeness (QED) is 0.708. The number of fused-ring (bicyclic) bond motifs is 1. The zero-order valence-corrected chi connectivity index (χ0v) is 9.70. The lowest BCUT2D eigenvalue weighted by atomic mass is 10.1. The molecule has 2 aliphatic heterocycles. The van der Waals surface area contributed by atoms with Crippen molar-refractivity contribution in [2.24, 2.45) is 0 Å². The first kappa shape index (κ1) is 9.24. The Labute approximate surface area is 103 Å². The van der Waals surface area contributed by atoms with E-state index in [0.717, 1.165) is 22.0 Å². The number of thioether (sulfide) groups is 1. The van der Waals surface area contributed by atoms with Gasteiger partial charge in [0, 0.05) is 0 Å². The Kier molecular flexibility index (Phi) is 1.69. The summed E-state index contributed by atoms with van der Waals surface area (Å²) in [5.74, 6) is 0. The van der Waals surface area contributed by atoms with Gasteiger partial charge in [0.2, 0.25) is 0 Å². The van der Waals surface area contributed by atoms with E-state index in [0.29, 0.717) is 0 Å². The molecular formula is C13H9N2OS+. The summed E-state index contributed by atoms with van der Waals surface area (Å²) in [7, 11) is 0. The first-order valence-corrected chi connectivity index (χ1v) is 6.35. The zero-order valence-electron chi connectivity index (χ0n) is 8.88. The number of hydrogen-bond donors (Lipinski definition) is 1. The second kappa shape index (κ2) is 3.11. The molecule has 1 aromatic carbocycles. The molecule has 0 fully saturated rings. The lowest BCUT2D eigenvalue weighted by molar-refractivity contribution is -0.324. The van der Waals surface area contributed by atoms with Crippen molar-refractivity contribution in [3.05, 3.63) is 42.5 Å². The SMILES string of the molecule is O=C1Nc2cccc3c2[N+]1=C1C=CC=CC1S3. The summed E-state index contributed by atoms with van der Waals surface area (Å²) < 4.78 is 1.80. The van der Waals surface area contributed by atoms with Crippen LogP contribution in [0.5, 0.6) is 0 Å². The standard InChI is InChI=1S/C13H8N2OS/c16-13-14-8-4-3-7-11-12(8)15(13)9-5-1-2-6-10(9)17-11/h1-7,10H/p+1. The number of rotatable bonds is 0. The topological polar surface area (TPSA) is 32.1 Å². The highest BCUT2D eigenvalue weighted by Crippen LogP contribution is 2.45. The van der Waals surface area contributed by atoms with Crippen LogP contribution in [-0.4, -0.2) is 21.6 Å². The number of hydrogen-bond acceptors (Lipinski definition) is 2. The predicted octanol–water partition coefficient (Wildman–Crippen LogP) is 2.92. The van der Waals surface area contributed by atoms with Crippen LogP contribution < -0.4 is 5.32 Å². The van der Waals surface area contributed by atoms with E-state index in [1.54, 1.807) is 16.3 Å². The van der Waals surface area contributed by atoms with E-state index in [1.807, 2.05) is 30.4 Å². The summed E-state index contributed by atoms with van der Waals surface area (Å²) in [6.07, 6.45) is 8.15. The predicted molar refractivity (Wildman–Crippen MR) is 68.3 cm³/mol. The number of urea groups is 1. The van der Waals surface area contributed by atoms with Crippen LogP contribution in [0.4, 0.5) is 16.2 Å². The van der Waals surface area contributed by atoms with Crippen LogP contribution in [-0.2, 0) is 0 Å². The molecule has 2 amide bonds. The molecule has 3 aliphatic rings. The van der Waals surface area contributed by atoms with Gasteiger partial charge in [-0.3, -0.25) is 0 Å². The molecule has 0 saturated heterocycles. The first-order chi connectivity index (χ1) is 8.34. The van der Waals surface area contributed by atoms with Crippen LogP contribution in [0.2, 0.25) is 0 Å². The number of benzene rings is 1. The third-order valence-electron chi connectivity index (χ3n) is 3.13. The van der Waals surface area contributed by atoms with Crippen molar-refractivity contribution in [2.45, 2.75) is 10.1 Å². The van der Waals surface area contributed by atoms with E-state index >= 15 is 0 Å². The molecule has 4 heteroatoms. The van der Waals surface area contributed by atoms with Gasteiger partial charge in [0.1, 0.15) is 5.71 Å². The molecule has 1 aromatic rings. The number of nitrogens with one attached hydrogen (secondary N) is 1. The van der Waals surface area contributed by atoms with Crippen LogP contribution in [0.1, 0.15) is 0 Å². The van der Waals surface area contributed by atoms with Gasteiger partial charge < -0.3 is 0 Å². The Hall–Kier alpha value is -1.81. The van der Waals surface area contributed by atoms with Gasteiger partial charge in [0.25, 0.3) is 0 Å². The molecule has 0 saturated carbocycles. The van der Waals surface area contributed by atoms with Crippen LogP contribution in [0, 0.1) is 0 Å². The largest absolute Gasteiger partial charge is 0.501 e. The lowest BCUT2D eigenvalue weighted by Crippen LogP contribution is -2.31. The molecule has 0 radical (unpaired) electrons. The number of carbonyl (C=O) groups is 1. The molecule has 0 aromatic heterocycles. The highest BCUT2D eigenvalue weighted by molar-refractivity contribution is 8.01. The van der Waals surface area contributed by atoms with Gasteiger partial charge in [-0.1, -0.05) is 24.3 Å². The zero-order chi connectivity index (χ0) is 11.4. The van der Waals surface area contributed by atoms with Crippen molar-refractivity contribution >= 4 is 34.9 Å². The van der Waals surface area contributed by atoms with Gasteiger partial charge in [-0.05, 0) is 18.2 Å². The van der Waals surface area contributed by atoms with Gasteiger partial charge in [-0.25, -0.2) is 0 Å². The number of allylic oxidation sites excluding steroid dienone is 3. The summed E-state index contributed by atoms with van der Waals surface area (Å²) in [5, 5.41) is 3.15. The fourth-order valence-electron chi connectivity index (χ4n) is 2.42. The number of para-hydroxylation sites is 1. The maximum Gasteiger partial charge on any atom is 0.501 e. The van der Waals surface area contributed by atoms with Crippen molar-refractivity contribution in [2.75, 3.05) is 5.32 Å². The number of anilines is 1. The van der Waals surface area contributed by atoms with E-state index < -0.39 is 0 Å². The molecule has 2 heterocycles. The van der Waals surface area contributed by atoms with Crippen molar-refractivity contribution in [1.82, 2.24) is 0 Å². The van der Waals surface area contributed by atoms with E-state index in [2.05, 4.69) is 17.5 Å². The van der Waals surface area contributed by atoms with Crippen molar-refractivity contribution in [1.29, 1.82) is 0 Å².